The Bertz CT molecular complexity index is 1370. The number of hydrogen-bond donors (Lipinski definition) is 3. The fourth-order valence-electron chi connectivity index (χ4n) is 4.43. The van der Waals surface area contributed by atoms with Crippen molar-refractivity contribution in [3.05, 3.63) is 95.2 Å². The molecule has 34 heavy (non-hydrogen) atoms. The molecule has 5 rings (SSSR count). The zero-order chi connectivity index (χ0) is 23.5. The molecule has 1 saturated carbocycles. The zero-order valence-electron chi connectivity index (χ0n) is 18.6. The molecule has 4 aromatic rings. The molecule has 0 bridgehead atoms. The summed E-state index contributed by atoms with van der Waals surface area (Å²) in [6, 6.07) is 22.4. The number of aromatic nitrogens is 2. The van der Waals surface area contributed by atoms with Gasteiger partial charge in [0.05, 0.1) is 23.2 Å². The minimum atomic E-state index is -0.599. The normalized spacial score (nSPS) is 17.9. The Morgan fingerprint density at radius 1 is 0.941 bits per heavy atom. The first-order chi connectivity index (χ1) is 16.6. The number of benzene rings is 3. The number of anilines is 1. The maximum atomic E-state index is 13.2. The third-order valence-electron chi connectivity index (χ3n) is 6.30. The Hall–Kier alpha value is -4.03. The molecule has 1 aromatic heterocycles. The second-order valence-corrected chi connectivity index (χ2v) is 8.62. The van der Waals surface area contributed by atoms with Gasteiger partial charge in [-0.2, -0.15) is 5.10 Å². The van der Waals surface area contributed by atoms with Gasteiger partial charge in [0, 0.05) is 22.2 Å². The number of H-pyrrole nitrogens is 1. The van der Waals surface area contributed by atoms with E-state index in [0.717, 1.165) is 28.6 Å². The molecule has 1 aliphatic rings. The van der Waals surface area contributed by atoms with Crippen LogP contribution in [0.1, 0.15) is 46.4 Å². The molecule has 170 valence electrons. The lowest BCUT2D eigenvalue weighted by Gasteiger charge is -2.14. The fourth-order valence-corrected chi connectivity index (χ4v) is 4.43. The molecule has 1 amide bonds. The average molecular weight is 452 g/mol. The highest BCUT2D eigenvalue weighted by atomic mass is 16.3. The van der Waals surface area contributed by atoms with Crippen molar-refractivity contribution < 1.29 is 14.7 Å². The minimum absolute atomic E-state index is 0.144. The number of hydrogen-bond acceptors (Lipinski definition) is 4. The number of carbonyl (C=O) groups excluding carboxylic acids is 2. The zero-order valence-corrected chi connectivity index (χ0v) is 18.6. The van der Waals surface area contributed by atoms with Gasteiger partial charge in [-0.15, -0.1) is 0 Å². The molecule has 1 heterocycles. The van der Waals surface area contributed by atoms with Crippen LogP contribution in [-0.4, -0.2) is 33.1 Å². The number of nitrogens with zero attached hydrogens (tertiary/aromatic N) is 1. The molecule has 3 N–H and O–H groups in total. The first-order valence-corrected chi connectivity index (χ1v) is 11.4. The summed E-state index contributed by atoms with van der Waals surface area (Å²) in [5, 5.41) is 21.2. The highest BCUT2D eigenvalue weighted by Gasteiger charge is 2.31. The van der Waals surface area contributed by atoms with Gasteiger partial charge in [0.2, 0.25) is 5.91 Å². The van der Waals surface area contributed by atoms with E-state index in [9.17, 15) is 14.7 Å². The van der Waals surface area contributed by atoms with Crippen LogP contribution >= 0.6 is 0 Å². The summed E-state index contributed by atoms with van der Waals surface area (Å²) in [6.07, 6.45) is 5.52. The van der Waals surface area contributed by atoms with Crippen LogP contribution in [0.4, 0.5) is 5.69 Å². The molecule has 0 spiro atoms. The Labute approximate surface area is 197 Å². The maximum absolute atomic E-state index is 13.2. The molecule has 3 aromatic carbocycles. The number of ketones is 1. The van der Waals surface area contributed by atoms with Crippen molar-refractivity contribution in [3.63, 3.8) is 0 Å². The van der Waals surface area contributed by atoms with E-state index < -0.39 is 12.0 Å². The third kappa shape index (κ3) is 4.54. The number of amides is 1. The first kappa shape index (κ1) is 21.8. The highest BCUT2D eigenvalue weighted by Crippen LogP contribution is 2.27. The van der Waals surface area contributed by atoms with Gasteiger partial charge in [-0.25, -0.2) is 0 Å². The molecular weight excluding hydrogens is 426 g/mol. The van der Waals surface area contributed by atoms with E-state index >= 15 is 0 Å². The van der Waals surface area contributed by atoms with Crippen LogP contribution < -0.4 is 5.32 Å². The molecule has 0 radical (unpaired) electrons. The van der Waals surface area contributed by atoms with E-state index in [2.05, 4.69) is 15.5 Å². The summed E-state index contributed by atoms with van der Waals surface area (Å²) in [4.78, 5) is 25.6. The Kier molecular flexibility index (Phi) is 6.06. The number of aromatic amines is 1. The first-order valence-electron chi connectivity index (χ1n) is 11.4. The Morgan fingerprint density at radius 2 is 1.76 bits per heavy atom. The number of nitrogens with one attached hydrogen (secondary N) is 2. The lowest BCUT2D eigenvalue weighted by atomic mass is 10.0. The van der Waals surface area contributed by atoms with Gasteiger partial charge in [-0.3, -0.25) is 14.7 Å². The molecule has 0 saturated heterocycles. The van der Waals surface area contributed by atoms with Crippen molar-refractivity contribution >= 4 is 40.4 Å². The number of rotatable bonds is 6. The van der Waals surface area contributed by atoms with Gasteiger partial charge in [0.25, 0.3) is 0 Å². The number of aliphatic hydroxyl groups excluding tert-OH is 1. The largest absolute Gasteiger partial charge is 0.392 e. The number of carbonyl (C=O) groups is 2. The predicted molar refractivity (Wildman–Crippen MR) is 133 cm³/mol. The van der Waals surface area contributed by atoms with Crippen LogP contribution in [0.15, 0.2) is 72.8 Å². The van der Waals surface area contributed by atoms with Crippen LogP contribution in [0.5, 0.6) is 0 Å². The highest BCUT2D eigenvalue weighted by molar-refractivity contribution is 6.11. The summed E-state index contributed by atoms with van der Waals surface area (Å²) >= 11 is 0. The topological polar surface area (TPSA) is 95.1 Å². The molecule has 6 heteroatoms. The Balaban J connectivity index is 1.34. The molecule has 6 nitrogen and oxygen atoms in total. The van der Waals surface area contributed by atoms with Crippen LogP contribution in [-0.2, 0) is 4.79 Å². The summed E-state index contributed by atoms with van der Waals surface area (Å²) in [5.41, 5.74) is 4.22. The third-order valence-corrected chi connectivity index (χ3v) is 6.30. The number of fused-ring (bicyclic) bond motifs is 1. The quantitative estimate of drug-likeness (QED) is 0.357. The van der Waals surface area contributed by atoms with Gasteiger partial charge in [-0.05, 0) is 55.2 Å². The summed E-state index contributed by atoms with van der Waals surface area (Å²) in [6.45, 7) is 0. The average Bonchev–Trinajstić information content (AvgIpc) is 3.48. The predicted octanol–water partition coefficient (Wildman–Crippen LogP) is 5.06. The molecule has 0 unspecified atom stereocenters. The van der Waals surface area contributed by atoms with E-state index in [-0.39, 0.29) is 11.7 Å². The van der Waals surface area contributed by atoms with E-state index in [1.165, 1.54) is 0 Å². The van der Waals surface area contributed by atoms with Crippen LogP contribution in [0.2, 0.25) is 0 Å². The van der Waals surface area contributed by atoms with E-state index in [4.69, 9.17) is 0 Å². The summed E-state index contributed by atoms with van der Waals surface area (Å²) in [5.74, 6) is -0.744. The Morgan fingerprint density at radius 3 is 2.56 bits per heavy atom. The molecule has 1 aliphatic carbocycles. The lowest BCUT2D eigenvalue weighted by molar-refractivity contribution is -0.122. The van der Waals surface area contributed by atoms with E-state index in [1.54, 1.807) is 36.4 Å². The molecule has 1 fully saturated rings. The van der Waals surface area contributed by atoms with E-state index in [1.807, 2.05) is 48.6 Å². The second kappa shape index (κ2) is 9.45. The SMILES string of the molecule is O=C(c1cccc(NC(=O)[C@H]2CCC[C@H]2O)c1)c1ccc2c(/C=C/c3ccccc3)n[nH]c2c1. The van der Waals surface area contributed by atoms with Gasteiger partial charge >= 0.3 is 0 Å². The van der Waals surface area contributed by atoms with Gasteiger partial charge in [0.15, 0.2) is 5.78 Å². The van der Waals surface area contributed by atoms with Crippen molar-refractivity contribution in [2.75, 3.05) is 5.32 Å². The lowest BCUT2D eigenvalue weighted by Crippen LogP contribution is -2.28. The van der Waals surface area contributed by atoms with Gasteiger partial charge < -0.3 is 10.4 Å². The van der Waals surface area contributed by atoms with Crippen LogP contribution in [0.25, 0.3) is 23.1 Å². The van der Waals surface area contributed by atoms with E-state index in [0.29, 0.717) is 29.7 Å². The monoisotopic (exact) mass is 451 g/mol. The molecule has 0 aliphatic heterocycles. The van der Waals surface area contributed by atoms with Crippen LogP contribution in [0.3, 0.4) is 0 Å². The smallest absolute Gasteiger partial charge is 0.230 e. The number of aliphatic hydroxyl groups is 1. The summed E-state index contributed by atoms with van der Waals surface area (Å²) < 4.78 is 0. The molecule has 2 atom stereocenters. The maximum Gasteiger partial charge on any atom is 0.230 e. The van der Waals surface area contributed by atoms with Crippen molar-refractivity contribution in [2.45, 2.75) is 25.4 Å². The standard InChI is InChI=1S/C28H25N3O3/c32-26-11-5-10-23(26)28(34)29-21-9-4-8-19(16-21)27(33)20-13-14-22-24(30-31-25(22)17-20)15-12-18-6-2-1-3-7-18/h1-4,6-9,12-17,23,26,32H,5,10-11H2,(H,29,34)(H,30,31)/b15-12+/t23-,26+/m0/s1. The van der Waals surface area contributed by atoms with Gasteiger partial charge in [0.1, 0.15) is 0 Å². The van der Waals surface area contributed by atoms with Gasteiger partial charge in [-0.1, -0.05) is 54.6 Å². The molecular formula is C28H25N3O3. The van der Waals surface area contributed by atoms with Crippen molar-refractivity contribution in [1.29, 1.82) is 0 Å². The van der Waals surface area contributed by atoms with Crippen molar-refractivity contribution in [3.8, 4) is 0 Å². The summed E-state index contributed by atoms with van der Waals surface area (Å²) in [7, 11) is 0. The second-order valence-electron chi connectivity index (χ2n) is 8.62. The van der Waals surface area contributed by atoms with Crippen molar-refractivity contribution in [1.82, 2.24) is 10.2 Å². The van der Waals surface area contributed by atoms with Crippen LogP contribution in [0, 0.1) is 5.92 Å². The van der Waals surface area contributed by atoms with Crippen molar-refractivity contribution in [2.24, 2.45) is 5.92 Å². The minimum Gasteiger partial charge on any atom is -0.392 e. The fraction of sp³-hybridized carbons (Fsp3) is 0.179.